The van der Waals surface area contributed by atoms with Gasteiger partial charge >= 0.3 is 0 Å². The fourth-order valence-electron chi connectivity index (χ4n) is 1.98. The molecule has 96 valence electrons. The van der Waals surface area contributed by atoms with Crippen molar-refractivity contribution < 1.29 is 8.42 Å². The molecular weight excluding hydrogens is 260 g/mol. The molecule has 1 heterocycles. The van der Waals surface area contributed by atoms with Crippen LogP contribution in [0.15, 0.2) is 65.7 Å². The lowest BCUT2D eigenvalue weighted by Gasteiger charge is -2.06. The van der Waals surface area contributed by atoms with Crippen LogP contribution in [0, 0.1) is 0 Å². The molecule has 2 N–H and O–H groups in total. The van der Waals surface area contributed by atoms with E-state index < -0.39 is 10.0 Å². The summed E-state index contributed by atoms with van der Waals surface area (Å²) >= 11 is 0. The normalized spacial score (nSPS) is 11.6. The molecule has 0 amide bonds. The lowest BCUT2D eigenvalue weighted by Crippen LogP contribution is -2.12. The number of hydrogen-bond donors (Lipinski definition) is 2. The summed E-state index contributed by atoms with van der Waals surface area (Å²) in [5.74, 6) is 0. The highest BCUT2D eigenvalue weighted by Gasteiger charge is 2.18. The number of sulfonamides is 1. The molecule has 0 aliphatic carbocycles. The number of H-pyrrole nitrogens is 1. The van der Waals surface area contributed by atoms with E-state index in [0.29, 0.717) is 11.1 Å². The van der Waals surface area contributed by atoms with Crippen molar-refractivity contribution in [1.82, 2.24) is 4.98 Å². The summed E-state index contributed by atoms with van der Waals surface area (Å²) in [6.07, 6.45) is 1.51. The van der Waals surface area contributed by atoms with Gasteiger partial charge in [0.2, 0.25) is 0 Å². The third kappa shape index (κ3) is 2.20. The lowest BCUT2D eigenvalue weighted by atomic mass is 10.2. The molecule has 0 spiro atoms. The number of anilines is 1. The molecule has 1 aromatic heterocycles. The Morgan fingerprint density at radius 3 is 2.37 bits per heavy atom. The third-order valence-corrected chi connectivity index (χ3v) is 4.29. The largest absolute Gasteiger partial charge is 0.360 e. The predicted molar refractivity (Wildman–Crippen MR) is 75.5 cm³/mol. The minimum absolute atomic E-state index is 0.256. The van der Waals surface area contributed by atoms with Gasteiger partial charge in [-0.05, 0) is 18.2 Å². The van der Waals surface area contributed by atoms with Crippen LogP contribution in [-0.2, 0) is 10.0 Å². The van der Waals surface area contributed by atoms with E-state index in [1.54, 1.807) is 30.3 Å². The van der Waals surface area contributed by atoms with Crippen molar-refractivity contribution in [2.24, 2.45) is 0 Å². The summed E-state index contributed by atoms with van der Waals surface area (Å²) in [5, 5.41) is 0.686. The maximum Gasteiger partial charge on any atom is 0.264 e. The first-order chi connectivity index (χ1) is 9.17. The first kappa shape index (κ1) is 11.8. The molecule has 3 aromatic rings. The van der Waals surface area contributed by atoms with Crippen molar-refractivity contribution in [3.05, 3.63) is 60.8 Å². The number of nitrogens with one attached hydrogen (secondary N) is 2. The third-order valence-electron chi connectivity index (χ3n) is 2.87. The van der Waals surface area contributed by atoms with Gasteiger partial charge in [0.05, 0.1) is 0 Å². The predicted octanol–water partition coefficient (Wildman–Crippen LogP) is 2.97. The number of fused-ring (bicyclic) bond motifs is 1. The van der Waals surface area contributed by atoms with Crippen LogP contribution in [0.1, 0.15) is 0 Å². The van der Waals surface area contributed by atoms with Gasteiger partial charge in [0.1, 0.15) is 4.90 Å². The zero-order valence-corrected chi connectivity index (χ0v) is 10.8. The van der Waals surface area contributed by atoms with E-state index in [1.807, 2.05) is 24.3 Å². The summed E-state index contributed by atoms with van der Waals surface area (Å²) < 4.78 is 27.3. The first-order valence-corrected chi connectivity index (χ1v) is 7.29. The van der Waals surface area contributed by atoms with Gasteiger partial charge in [-0.3, -0.25) is 4.72 Å². The Bertz CT molecular complexity index is 808. The molecule has 0 aliphatic rings. The second-order valence-electron chi connectivity index (χ2n) is 4.17. The average molecular weight is 272 g/mol. The highest BCUT2D eigenvalue weighted by atomic mass is 32.2. The topological polar surface area (TPSA) is 62.0 Å². The van der Waals surface area contributed by atoms with Gasteiger partial charge in [0.15, 0.2) is 0 Å². The van der Waals surface area contributed by atoms with Crippen molar-refractivity contribution in [2.75, 3.05) is 4.72 Å². The Morgan fingerprint density at radius 1 is 0.895 bits per heavy atom. The zero-order chi connectivity index (χ0) is 13.3. The van der Waals surface area contributed by atoms with Crippen molar-refractivity contribution in [3.8, 4) is 0 Å². The van der Waals surface area contributed by atoms with Gasteiger partial charge in [0, 0.05) is 22.8 Å². The monoisotopic (exact) mass is 272 g/mol. The summed E-state index contributed by atoms with van der Waals surface area (Å²) in [4.78, 5) is 3.22. The molecule has 0 atom stereocenters. The van der Waals surface area contributed by atoms with E-state index in [2.05, 4.69) is 9.71 Å². The fraction of sp³-hybridized carbons (Fsp3) is 0. The molecule has 19 heavy (non-hydrogen) atoms. The number of para-hydroxylation sites is 2. The molecule has 4 nitrogen and oxygen atoms in total. The van der Waals surface area contributed by atoms with Gasteiger partial charge in [-0.25, -0.2) is 8.42 Å². The highest BCUT2D eigenvalue weighted by molar-refractivity contribution is 7.93. The smallest absolute Gasteiger partial charge is 0.264 e. The van der Waals surface area contributed by atoms with Gasteiger partial charge in [-0.2, -0.15) is 0 Å². The van der Waals surface area contributed by atoms with Crippen LogP contribution >= 0.6 is 0 Å². The lowest BCUT2D eigenvalue weighted by molar-refractivity contribution is 0.602. The van der Waals surface area contributed by atoms with Crippen LogP contribution in [-0.4, -0.2) is 13.4 Å². The molecule has 2 aromatic carbocycles. The van der Waals surface area contributed by atoms with E-state index in [-0.39, 0.29) is 4.90 Å². The summed E-state index contributed by atoms with van der Waals surface area (Å²) in [6, 6.07) is 16.1. The Labute approximate surface area is 111 Å². The van der Waals surface area contributed by atoms with Crippen molar-refractivity contribution in [1.29, 1.82) is 0 Å². The molecule has 0 saturated heterocycles. The first-order valence-electron chi connectivity index (χ1n) is 5.81. The highest BCUT2D eigenvalue weighted by Crippen LogP contribution is 2.24. The summed E-state index contributed by atoms with van der Waals surface area (Å²) in [5.41, 5.74) is 1.35. The number of benzene rings is 2. The van der Waals surface area contributed by atoms with Gasteiger partial charge in [-0.15, -0.1) is 0 Å². The van der Waals surface area contributed by atoms with E-state index in [4.69, 9.17) is 0 Å². The fourth-order valence-corrected chi connectivity index (χ4v) is 3.22. The summed E-state index contributed by atoms with van der Waals surface area (Å²) in [6.45, 7) is 0. The van der Waals surface area contributed by atoms with Gasteiger partial charge in [-0.1, -0.05) is 36.4 Å². The van der Waals surface area contributed by atoms with E-state index in [9.17, 15) is 8.42 Å². The van der Waals surface area contributed by atoms with E-state index >= 15 is 0 Å². The average Bonchev–Trinajstić information content (AvgIpc) is 2.84. The van der Waals surface area contributed by atoms with Crippen LogP contribution in [0.4, 0.5) is 5.69 Å². The SMILES string of the molecule is O=S(=O)(Nc1ccccc1)c1c[nH]c2ccccc12. The molecule has 3 rings (SSSR count). The van der Waals surface area contributed by atoms with Crippen molar-refractivity contribution >= 4 is 26.6 Å². The molecule has 0 radical (unpaired) electrons. The Balaban J connectivity index is 2.05. The molecule has 0 fully saturated rings. The minimum Gasteiger partial charge on any atom is -0.360 e. The number of hydrogen-bond acceptors (Lipinski definition) is 2. The maximum atomic E-state index is 12.3. The van der Waals surface area contributed by atoms with Crippen LogP contribution in [0.5, 0.6) is 0 Å². The van der Waals surface area contributed by atoms with Crippen LogP contribution in [0.3, 0.4) is 0 Å². The Hall–Kier alpha value is -2.27. The molecule has 5 heteroatoms. The van der Waals surface area contributed by atoms with Crippen molar-refractivity contribution in [3.63, 3.8) is 0 Å². The van der Waals surface area contributed by atoms with Crippen LogP contribution in [0.25, 0.3) is 10.9 Å². The minimum atomic E-state index is -3.58. The number of aromatic nitrogens is 1. The maximum absolute atomic E-state index is 12.3. The molecule has 0 aliphatic heterocycles. The van der Waals surface area contributed by atoms with Crippen molar-refractivity contribution in [2.45, 2.75) is 4.90 Å². The quantitative estimate of drug-likeness (QED) is 0.770. The van der Waals surface area contributed by atoms with Crippen LogP contribution < -0.4 is 4.72 Å². The molecule has 0 unspecified atom stereocenters. The van der Waals surface area contributed by atoms with E-state index in [0.717, 1.165) is 5.52 Å². The Kier molecular flexibility index (Phi) is 2.76. The van der Waals surface area contributed by atoms with Crippen LogP contribution in [0.2, 0.25) is 0 Å². The molecule has 0 saturated carbocycles. The second-order valence-corrected chi connectivity index (χ2v) is 5.82. The second kappa shape index (κ2) is 4.44. The Morgan fingerprint density at radius 2 is 1.58 bits per heavy atom. The number of rotatable bonds is 3. The van der Waals surface area contributed by atoms with Gasteiger partial charge in [0.25, 0.3) is 10.0 Å². The molecular formula is C14H12N2O2S. The zero-order valence-electron chi connectivity index (χ0n) is 10.00. The summed E-state index contributed by atoms with van der Waals surface area (Å²) in [7, 11) is -3.58. The van der Waals surface area contributed by atoms with Gasteiger partial charge < -0.3 is 4.98 Å². The standard InChI is InChI=1S/C14H12N2O2S/c17-19(18,16-11-6-2-1-3-7-11)14-10-15-13-9-5-4-8-12(13)14/h1-10,15-16H. The number of aromatic amines is 1. The van der Waals surface area contributed by atoms with E-state index in [1.165, 1.54) is 6.20 Å². The molecule has 0 bridgehead atoms.